The Bertz CT molecular complexity index is 1150. The average Bonchev–Trinajstić information content (AvgIpc) is 3.14. The zero-order chi connectivity index (χ0) is 27.1. The molecule has 8 heteroatoms. The van der Waals surface area contributed by atoms with Gasteiger partial charge in [-0.05, 0) is 62.0 Å². The summed E-state index contributed by atoms with van der Waals surface area (Å²) in [6.45, 7) is 9.49. The molecule has 37 heavy (non-hydrogen) atoms. The van der Waals surface area contributed by atoms with Crippen molar-refractivity contribution < 1.29 is 28.9 Å². The summed E-state index contributed by atoms with van der Waals surface area (Å²) in [7, 11) is 5.30. The molecule has 0 aliphatic carbocycles. The standard InChI is InChI=1S/C29H36N2O6/c1-7-16-36-23-13-10-21(17-24(23)35-6)26-25(28(33)29(34)31(26)15-14-30(4)5)27(32)20-8-11-22(12-9-20)37-18-19(2)3/h7-13,17,19,26,32H,1,14-16,18H2,2-6H3. The van der Waals surface area contributed by atoms with E-state index in [0.717, 1.165) is 0 Å². The van der Waals surface area contributed by atoms with Crippen LogP contribution in [0.25, 0.3) is 5.76 Å². The molecule has 0 spiro atoms. The summed E-state index contributed by atoms with van der Waals surface area (Å²) in [6, 6.07) is 11.3. The number of Topliss-reactive ketones (excluding diaryl/α,β-unsaturated/α-hetero) is 1. The van der Waals surface area contributed by atoms with E-state index in [1.165, 1.54) is 12.0 Å². The molecule has 0 aromatic heterocycles. The van der Waals surface area contributed by atoms with Crippen LogP contribution in [0.5, 0.6) is 17.2 Å². The minimum atomic E-state index is -0.792. The number of hydrogen-bond donors (Lipinski definition) is 1. The molecule has 1 aliphatic rings. The predicted molar refractivity (Wildman–Crippen MR) is 143 cm³/mol. The van der Waals surface area contributed by atoms with Gasteiger partial charge in [-0.15, -0.1) is 0 Å². The van der Waals surface area contributed by atoms with Gasteiger partial charge in [0.15, 0.2) is 11.5 Å². The van der Waals surface area contributed by atoms with E-state index in [1.807, 2.05) is 19.0 Å². The number of hydrogen-bond acceptors (Lipinski definition) is 7. The van der Waals surface area contributed by atoms with Crippen molar-refractivity contribution in [2.24, 2.45) is 5.92 Å². The largest absolute Gasteiger partial charge is 0.507 e. The number of carbonyl (C=O) groups excluding carboxylic acids is 2. The quantitative estimate of drug-likeness (QED) is 0.198. The summed E-state index contributed by atoms with van der Waals surface area (Å²) < 4.78 is 16.9. The van der Waals surface area contributed by atoms with Gasteiger partial charge in [0.2, 0.25) is 0 Å². The Morgan fingerprint density at radius 2 is 1.81 bits per heavy atom. The van der Waals surface area contributed by atoms with Gasteiger partial charge in [0.05, 0.1) is 25.3 Å². The molecule has 1 amide bonds. The van der Waals surface area contributed by atoms with Crippen molar-refractivity contribution in [2.75, 3.05) is 47.5 Å². The zero-order valence-corrected chi connectivity index (χ0v) is 22.2. The number of ether oxygens (including phenoxy) is 3. The Morgan fingerprint density at radius 3 is 2.41 bits per heavy atom. The molecule has 1 atom stereocenters. The van der Waals surface area contributed by atoms with Crippen LogP contribution in [-0.4, -0.2) is 74.1 Å². The Kier molecular flexibility index (Phi) is 9.36. The van der Waals surface area contributed by atoms with E-state index in [2.05, 4.69) is 20.4 Å². The molecule has 8 nitrogen and oxygen atoms in total. The first-order chi connectivity index (χ1) is 17.7. The number of carbonyl (C=O) groups is 2. The normalized spacial score (nSPS) is 16.9. The smallest absolute Gasteiger partial charge is 0.295 e. The molecule has 0 bridgehead atoms. The fourth-order valence-electron chi connectivity index (χ4n) is 4.01. The minimum Gasteiger partial charge on any atom is -0.507 e. The van der Waals surface area contributed by atoms with E-state index >= 15 is 0 Å². The van der Waals surface area contributed by atoms with Gasteiger partial charge in [-0.3, -0.25) is 9.59 Å². The number of benzene rings is 2. The van der Waals surface area contributed by atoms with E-state index in [9.17, 15) is 14.7 Å². The van der Waals surface area contributed by atoms with Gasteiger partial charge < -0.3 is 29.1 Å². The Morgan fingerprint density at radius 1 is 1.11 bits per heavy atom. The van der Waals surface area contributed by atoms with E-state index in [-0.39, 0.29) is 11.3 Å². The van der Waals surface area contributed by atoms with Crippen LogP contribution >= 0.6 is 0 Å². The highest BCUT2D eigenvalue weighted by Gasteiger charge is 2.46. The summed E-state index contributed by atoms with van der Waals surface area (Å²) in [4.78, 5) is 29.8. The van der Waals surface area contributed by atoms with Crippen LogP contribution in [0.4, 0.5) is 0 Å². The van der Waals surface area contributed by atoms with Gasteiger partial charge in [0.1, 0.15) is 18.1 Å². The first-order valence-electron chi connectivity index (χ1n) is 12.3. The molecule has 0 saturated carbocycles. The van der Waals surface area contributed by atoms with Crippen molar-refractivity contribution in [3.8, 4) is 17.2 Å². The number of likely N-dealkylation sites (N-methyl/N-ethyl adjacent to an activating group) is 1. The predicted octanol–water partition coefficient (Wildman–Crippen LogP) is 4.28. The Hall–Kier alpha value is -3.78. The molecule has 0 radical (unpaired) electrons. The van der Waals surface area contributed by atoms with E-state index < -0.39 is 17.7 Å². The Balaban J connectivity index is 2.07. The van der Waals surface area contributed by atoms with Crippen molar-refractivity contribution in [1.82, 2.24) is 9.80 Å². The third-order valence-electron chi connectivity index (χ3n) is 5.90. The summed E-state index contributed by atoms with van der Waals surface area (Å²) in [5, 5.41) is 11.3. The molecule has 2 aromatic rings. The van der Waals surface area contributed by atoms with Crippen LogP contribution in [0.15, 0.2) is 60.7 Å². The molecule has 2 aromatic carbocycles. The van der Waals surface area contributed by atoms with Gasteiger partial charge in [0, 0.05) is 18.7 Å². The second kappa shape index (κ2) is 12.5. The molecular weight excluding hydrogens is 472 g/mol. The molecule has 1 N–H and O–H groups in total. The lowest BCUT2D eigenvalue weighted by Crippen LogP contribution is -2.35. The highest BCUT2D eigenvalue weighted by Crippen LogP contribution is 2.42. The first-order valence-corrected chi connectivity index (χ1v) is 12.3. The maximum Gasteiger partial charge on any atom is 0.295 e. The zero-order valence-electron chi connectivity index (χ0n) is 22.2. The Labute approximate surface area is 218 Å². The molecule has 1 saturated heterocycles. The van der Waals surface area contributed by atoms with Crippen LogP contribution in [0.2, 0.25) is 0 Å². The van der Waals surface area contributed by atoms with Crippen LogP contribution in [-0.2, 0) is 9.59 Å². The van der Waals surface area contributed by atoms with E-state index in [4.69, 9.17) is 14.2 Å². The maximum atomic E-state index is 13.3. The highest BCUT2D eigenvalue weighted by molar-refractivity contribution is 6.46. The number of ketones is 1. The number of methoxy groups -OCH3 is 1. The van der Waals surface area contributed by atoms with E-state index in [0.29, 0.717) is 60.6 Å². The summed E-state index contributed by atoms with van der Waals surface area (Å²) >= 11 is 0. The third kappa shape index (κ3) is 6.51. The highest BCUT2D eigenvalue weighted by atomic mass is 16.5. The number of amides is 1. The fraction of sp³-hybridized carbons (Fsp3) is 0.379. The third-order valence-corrected chi connectivity index (χ3v) is 5.90. The summed E-state index contributed by atoms with van der Waals surface area (Å²) in [6.07, 6.45) is 1.63. The lowest BCUT2D eigenvalue weighted by Gasteiger charge is -2.27. The first kappa shape index (κ1) is 27.8. The molecule has 1 unspecified atom stereocenters. The van der Waals surface area contributed by atoms with Gasteiger partial charge in [-0.25, -0.2) is 0 Å². The van der Waals surface area contributed by atoms with Gasteiger partial charge in [-0.2, -0.15) is 0 Å². The minimum absolute atomic E-state index is 0.0291. The van der Waals surface area contributed by atoms with Gasteiger partial charge in [-0.1, -0.05) is 32.6 Å². The molecule has 198 valence electrons. The fourth-order valence-corrected chi connectivity index (χ4v) is 4.01. The van der Waals surface area contributed by atoms with Crippen molar-refractivity contribution in [2.45, 2.75) is 19.9 Å². The van der Waals surface area contributed by atoms with Gasteiger partial charge >= 0.3 is 0 Å². The number of nitrogens with zero attached hydrogens (tertiary/aromatic N) is 2. The lowest BCUT2D eigenvalue weighted by molar-refractivity contribution is -0.140. The molecule has 1 heterocycles. The lowest BCUT2D eigenvalue weighted by atomic mass is 9.95. The van der Waals surface area contributed by atoms with Gasteiger partial charge in [0.25, 0.3) is 11.7 Å². The van der Waals surface area contributed by atoms with Crippen LogP contribution < -0.4 is 14.2 Å². The second-order valence-electron chi connectivity index (χ2n) is 9.53. The molecular formula is C29H36N2O6. The maximum absolute atomic E-state index is 13.3. The number of likely N-dealkylation sites (tertiary alicyclic amines) is 1. The molecule has 3 rings (SSSR count). The molecule has 1 aliphatic heterocycles. The van der Waals surface area contributed by atoms with Crippen molar-refractivity contribution in [3.05, 3.63) is 71.8 Å². The number of aliphatic hydroxyl groups is 1. The monoisotopic (exact) mass is 508 g/mol. The van der Waals surface area contributed by atoms with Crippen molar-refractivity contribution in [3.63, 3.8) is 0 Å². The summed E-state index contributed by atoms with van der Waals surface area (Å²) in [5.41, 5.74) is 1.08. The number of rotatable bonds is 12. The molecule has 1 fully saturated rings. The van der Waals surface area contributed by atoms with Crippen molar-refractivity contribution in [1.29, 1.82) is 0 Å². The van der Waals surface area contributed by atoms with E-state index in [1.54, 1.807) is 48.5 Å². The number of aliphatic hydroxyl groups excluding tert-OH is 1. The van der Waals surface area contributed by atoms with Crippen LogP contribution in [0.3, 0.4) is 0 Å². The average molecular weight is 509 g/mol. The SMILES string of the molecule is C=CCOc1ccc(C2C(=C(O)c3ccc(OCC(C)C)cc3)C(=O)C(=O)N2CCN(C)C)cc1OC. The summed E-state index contributed by atoms with van der Waals surface area (Å²) in [5.74, 6) is 0.364. The second-order valence-corrected chi connectivity index (χ2v) is 9.53. The topological polar surface area (TPSA) is 88.5 Å². The van der Waals surface area contributed by atoms with Crippen LogP contribution in [0, 0.1) is 5.92 Å². The van der Waals surface area contributed by atoms with Crippen LogP contribution in [0.1, 0.15) is 31.0 Å². The van der Waals surface area contributed by atoms with Crippen molar-refractivity contribution >= 4 is 17.4 Å².